The van der Waals surface area contributed by atoms with Crippen LogP contribution in [0.15, 0.2) is 29.5 Å². The molecule has 9 heteroatoms. The number of hydrogen-bond acceptors (Lipinski definition) is 5. The number of aromatic nitrogens is 3. The summed E-state index contributed by atoms with van der Waals surface area (Å²) in [4.78, 5) is 4.73. The highest BCUT2D eigenvalue weighted by Gasteiger charge is 2.07. The summed E-state index contributed by atoms with van der Waals surface area (Å²) in [5.74, 6) is 3.20. The van der Waals surface area contributed by atoms with Crippen LogP contribution >= 0.6 is 24.0 Å². The molecule has 0 radical (unpaired) electrons. The lowest BCUT2D eigenvalue weighted by atomic mass is 10.2. The Labute approximate surface area is 190 Å². The van der Waals surface area contributed by atoms with Gasteiger partial charge in [0.2, 0.25) is 0 Å². The van der Waals surface area contributed by atoms with Crippen LogP contribution in [0.2, 0.25) is 0 Å². The molecule has 0 aliphatic heterocycles. The second-order valence-electron chi connectivity index (χ2n) is 6.53. The summed E-state index contributed by atoms with van der Waals surface area (Å²) in [6.07, 6.45) is 3.65. The van der Waals surface area contributed by atoms with Crippen molar-refractivity contribution in [3.63, 3.8) is 0 Å². The summed E-state index contributed by atoms with van der Waals surface area (Å²) in [6.45, 7) is 8.43. The number of benzene rings is 1. The van der Waals surface area contributed by atoms with Gasteiger partial charge >= 0.3 is 0 Å². The topological polar surface area (TPSA) is 85.6 Å². The number of halogens is 1. The lowest BCUT2D eigenvalue weighted by Gasteiger charge is -2.17. The van der Waals surface area contributed by atoms with Gasteiger partial charge in [-0.25, -0.2) is 4.99 Å². The molecule has 0 fully saturated rings. The number of rotatable bonds is 10. The van der Waals surface area contributed by atoms with Crippen LogP contribution in [-0.2, 0) is 19.5 Å². The fourth-order valence-electron chi connectivity index (χ4n) is 2.67. The van der Waals surface area contributed by atoms with Crippen molar-refractivity contribution in [1.29, 1.82) is 0 Å². The minimum atomic E-state index is 0. The van der Waals surface area contributed by atoms with Crippen LogP contribution in [0.1, 0.15) is 38.6 Å². The molecule has 8 nitrogen and oxygen atoms in total. The van der Waals surface area contributed by atoms with Gasteiger partial charge in [0.15, 0.2) is 17.5 Å². The normalized spacial score (nSPS) is 12.1. The van der Waals surface area contributed by atoms with Gasteiger partial charge in [0.25, 0.3) is 0 Å². The van der Waals surface area contributed by atoms with Crippen molar-refractivity contribution in [2.75, 3.05) is 20.8 Å². The summed E-state index contributed by atoms with van der Waals surface area (Å²) >= 11 is 0. The van der Waals surface area contributed by atoms with Crippen molar-refractivity contribution >= 4 is 29.9 Å². The van der Waals surface area contributed by atoms with Gasteiger partial charge in [0.1, 0.15) is 12.2 Å². The Kier molecular flexibility index (Phi) is 11.4. The van der Waals surface area contributed by atoms with Crippen molar-refractivity contribution in [3.8, 4) is 11.5 Å². The van der Waals surface area contributed by atoms with Crippen LogP contribution in [0.4, 0.5) is 0 Å². The maximum atomic E-state index is 5.37. The zero-order chi connectivity index (χ0) is 20.4. The molecule has 1 aromatic heterocycles. The average molecular weight is 516 g/mol. The lowest BCUT2D eigenvalue weighted by Crippen LogP contribution is -2.43. The van der Waals surface area contributed by atoms with Crippen LogP contribution in [0.3, 0.4) is 0 Å². The van der Waals surface area contributed by atoms with Gasteiger partial charge in [-0.05, 0) is 31.0 Å². The van der Waals surface area contributed by atoms with E-state index >= 15 is 0 Å². The Morgan fingerprint density at radius 3 is 2.62 bits per heavy atom. The molecule has 0 amide bonds. The predicted octanol–water partition coefficient (Wildman–Crippen LogP) is 3.01. The van der Waals surface area contributed by atoms with Gasteiger partial charge in [-0.15, -0.1) is 34.2 Å². The van der Waals surface area contributed by atoms with Crippen LogP contribution in [0.25, 0.3) is 0 Å². The van der Waals surface area contributed by atoms with E-state index in [2.05, 4.69) is 46.2 Å². The first kappa shape index (κ1) is 25.0. The summed E-state index contributed by atoms with van der Waals surface area (Å²) in [5.41, 5.74) is 1.05. The zero-order valence-electron chi connectivity index (χ0n) is 17.9. The Morgan fingerprint density at radius 2 is 1.97 bits per heavy atom. The van der Waals surface area contributed by atoms with Crippen molar-refractivity contribution in [3.05, 3.63) is 35.9 Å². The highest BCUT2D eigenvalue weighted by atomic mass is 127. The molecule has 0 saturated carbocycles. The smallest absolute Gasteiger partial charge is 0.191 e. The van der Waals surface area contributed by atoms with Crippen molar-refractivity contribution in [2.45, 2.75) is 52.7 Å². The fraction of sp³-hybridized carbons (Fsp3) is 0.550. The number of ether oxygens (including phenoxy) is 2. The molecule has 1 aromatic carbocycles. The van der Waals surface area contributed by atoms with Gasteiger partial charge in [-0.3, -0.25) is 0 Å². The molecular formula is C20H33IN6O2. The van der Waals surface area contributed by atoms with Crippen LogP contribution in [-0.4, -0.2) is 47.5 Å². The van der Waals surface area contributed by atoms with E-state index in [4.69, 9.17) is 14.5 Å². The molecule has 2 rings (SSSR count). The third kappa shape index (κ3) is 7.71. The van der Waals surface area contributed by atoms with E-state index in [1.165, 1.54) is 0 Å². The number of hydrogen-bond donors (Lipinski definition) is 2. The van der Waals surface area contributed by atoms with Crippen molar-refractivity contribution < 1.29 is 9.47 Å². The van der Waals surface area contributed by atoms with E-state index in [0.29, 0.717) is 24.1 Å². The quantitative estimate of drug-likeness (QED) is 0.287. The molecule has 1 atom stereocenters. The third-order valence-electron chi connectivity index (χ3n) is 4.52. The summed E-state index contributed by atoms with van der Waals surface area (Å²) in [6, 6.07) is 6.18. The molecule has 2 aromatic rings. The van der Waals surface area contributed by atoms with Crippen LogP contribution < -0.4 is 20.1 Å². The molecule has 162 valence electrons. The molecule has 0 aliphatic rings. The zero-order valence-corrected chi connectivity index (χ0v) is 20.3. The van der Waals surface area contributed by atoms with Gasteiger partial charge in [0.05, 0.1) is 20.8 Å². The summed E-state index contributed by atoms with van der Waals surface area (Å²) < 4.78 is 12.7. The van der Waals surface area contributed by atoms with Crippen molar-refractivity contribution in [1.82, 2.24) is 25.4 Å². The lowest BCUT2D eigenvalue weighted by molar-refractivity contribution is 0.354. The number of nitrogens with zero attached hydrogens (tertiary/aromatic N) is 4. The molecule has 0 saturated heterocycles. The SMILES string of the molecule is CCc1nncn1CCNC(=NCc1ccc(OC)c(OC)c1)NC(C)CC.I. The second kappa shape index (κ2) is 13.2. The maximum Gasteiger partial charge on any atom is 0.191 e. The molecule has 29 heavy (non-hydrogen) atoms. The van der Waals surface area contributed by atoms with E-state index < -0.39 is 0 Å². The number of aliphatic imine (C=N–C) groups is 1. The van der Waals surface area contributed by atoms with E-state index in [1.807, 2.05) is 18.2 Å². The van der Waals surface area contributed by atoms with Crippen molar-refractivity contribution in [2.24, 2.45) is 4.99 Å². The summed E-state index contributed by atoms with van der Waals surface area (Å²) in [7, 11) is 3.27. The summed E-state index contributed by atoms with van der Waals surface area (Å²) in [5, 5.41) is 14.9. The predicted molar refractivity (Wildman–Crippen MR) is 126 cm³/mol. The number of nitrogens with one attached hydrogen (secondary N) is 2. The van der Waals surface area contributed by atoms with Crippen LogP contribution in [0.5, 0.6) is 11.5 Å². The Hall–Kier alpha value is -2.04. The van der Waals surface area contributed by atoms with Gasteiger partial charge < -0.3 is 24.7 Å². The van der Waals surface area contributed by atoms with Gasteiger partial charge in [-0.1, -0.05) is 19.9 Å². The van der Waals surface area contributed by atoms with E-state index in [1.54, 1.807) is 20.5 Å². The number of guanidine groups is 1. The highest BCUT2D eigenvalue weighted by Crippen LogP contribution is 2.27. The molecule has 1 unspecified atom stereocenters. The molecule has 2 N–H and O–H groups in total. The van der Waals surface area contributed by atoms with E-state index in [0.717, 1.165) is 43.3 Å². The Morgan fingerprint density at radius 1 is 1.21 bits per heavy atom. The minimum absolute atomic E-state index is 0. The molecule has 0 bridgehead atoms. The third-order valence-corrected chi connectivity index (χ3v) is 4.52. The molecular weight excluding hydrogens is 483 g/mol. The van der Waals surface area contributed by atoms with Gasteiger partial charge in [-0.2, -0.15) is 0 Å². The highest BCUT2D eigenvalue weighted by molar-refractivity contribution is 14.0. The average Bonchev–Trinajstić information content (AvgIpc) is 3.18. The largest absolute Gasteiger partial charge is 0.493 e. The molecule has 0 spiro atoms. The fourth-order valence-corrected chi connectivity index (χ4v) is 2.67. The minimum Gasteiger partial charge on any atom is -0.493 e. The first-order chi connectivity index (χ1) is 13.6. The first-order valence-electron chi connectivity index (χ1n) is 9.73. The number of methoxy groups -OCH3 is 2. The standard InChI is InChI=1S/C20H32N6O2.HI/c1-6-15(3)24-20(21-10-11-26-14-23-25-19(26)7-2)22-13-16-8-9-17(27-4)18(12-16)28-5;/h8-9,12,14-15H,6-7,10-11,13H2,1-5H3,(H2,21,22,24);1H. The molecule has 0 aliphatic carbocycles. The maximum absolute atomic E-state index is 5.37. The van der Waals surface area contributed by atoms with Gasteiger partial charge in [0, 0.05) is 25.6 Å². The molecule has 1 heterocycles. The van der Waals surface area contributed by atoms with E-state index in [9.17, 15) is 0 Å². The van der Waals surface area contributed by atoms with E-state index in [-0.39, 0.29) is 24.0 Å². The second-order valence-corrected chi connectivity index (χ2v) is 6.53. The monoisotopic (exact) mass is 516 g/mol. The Balaban J connectivity index is 0.00000420. The van der Waals surface area contributed by atoms with Crippen LogP contribution in [0, 0.1) is 0 Å². The Bertz CT molecular complexity index is 765. The first-order valence-corrected chi connectivity index (χ1v) is 9.73. The number of aryl methyl sites for hydroxylation is 1.